The molecule has 0 unspecified atom stereocenters. The molecule has 0 saturated heterocycles. The first kappa shape index (κ1) is 15.2. The molecule has 4 aromatic rings. The van der Waals surface area contributed by atoms with Gasteiger partial charge in [-0.25, -0.2) is 9.97 Å². The Kier molecular flexibility index (Phi) is 3.78. The Labute approximate surface area is 147 Å². The smallest absolute Gasteiger partial charge is 0.263 e. The van der Waals surface area contributed by atoms with Crippen molar-refractivity contribution in [1.82, 2.24) is 14.5 Å². The molecule has 1 aromatic carbocycles. The Morgan fingerprint density at radius 2 is 1.96 bits per heavy atom. The van der Waals surface area contributed by atoms with Crippen LogP contribution < -0.4 is 5.56 Å². The van der Waals surface area contributed by atoms with Crippen molar-refractivity contribution < 1.29 is 0 Å². The number of aryl methyl sites for hydroxylation is 2. The molecule has 6 heteroatoms. The summed E-state index contributed by atoms with van der Waals surface area (Å²) in [5.41, 5.74) is 2.95. The van der Waals surface area contributed by atoms with Crippen LogP contribution in [0.15, 0.2) is 46.8 Å². The van der Waals surface area contributed by atoms with E-state index < -0.39 is 0 Å². The molecule has 0 saturated carbocycles. The molecule has 0 bridgehead atoms. The van der Waals surface area contributed by atoms with Crippen molar-refractivity contribution in [2.45, 2.75) is 20.4 Å². The molecular weight excluding hydrogens is 338 g/mol. The molecule has 4 rings (SSSR count). The minimum absolute atomic E-state index is 0.00569. The average Bonchev–Trinajstić information content (AvgIpc) is 3.14. The molecule has 0 amide bonds. The summed E-state index contributed by atoms with van der Waals surface area (Å²) >= 11 is 3.16. The third-order valence-corrected chi connectivity index (χ3v) is 5.75. The molecule has 120 valence electrons. The van der Waals surface area contributed by atoms with Crippen LogP contribution in [0.3, 0.4) is 0 Å². The zero-order chi connectivity index (χ0) is 16.7. The van der Waals surface area contributed by atoms with Gasteiger partial charge in [0.15, 0.2) is 0 Å². The van der Waals surface area contributed by atoms with Gasteiger partial charge < -0.3 is 0 Å². The Morgan fingerprint density at radius 1 is 1.17 bits per heavy atom. The highest BCUT2D eigenvalue weighted by Crippen LogP contribution is 2.35. The maximum Gasteiger partial charge on any atom is 0.263 e. The second-order valence-electron chi connectivity index (χ2n) is 5.61. The van der Waals surface area contributed by atoms with Crippen LogP contribution in [0.4, 0.5) is 0 Å². The Balaban J connectivity index is 1.90. The van der Waals surface area contributed by atoms with Gasteiger partial charge in [-0.15, -0.1) is 22.7 Å². The van der Waals surface area contributed by atoms with E-state index in [1.54, 1.807) is 33.6 Å². The van der Waals surface area contributed by atoms with Crippen molar-refractivity contribution >= 4 is 32.9 Å². The van der Waals surface area contributed by atoms with Crippen molar-refractivity contribution in [3.8, 4) is 11.1 Å². The molecule has 4 nitrogen and oxygen atoms in total. The fourth-order valence-corrected chi connectivity index (χ4v) is 4.47. The third kappa shape index (κ3) is 2.57. The standard InChI is InChI=1S/C18H15N3OS2/c1-11-15(13-6-4-3-5-7-13)16-17(24-11)19-10-21(18(16)22)8-14-9-23-12(2)20-14/h3-7,9-10H,8H2,1-2H3. The lowest BCUT2D eigenvalue weighted by atomic mass is 10.0. The van der Waals surface area contributed by atoms with Crippen LogP contribution in [0, 0.1) is 13.8 Å². The molecule has 0 aliphatic rings. The first-order valence-corrected chi connectivity index (χ1v) is 9.28. The van der Waals surface area contributed by atoms with E-state index in [0.29, 0.717) is 11.9 Å². The van der Waals surface area contributed by atoms with Gasteiger partial charge in [-0.2, -0.15) is 0 Å². The molecule has 24 heavy (non-hydrogen) atoms. The first-order valence-electron chi connectivity index (χ1n) is 7.58. The van der Waals surface area contributed by atoms with E-state index >= 15 is 0 Å². The number of hydrogen-bond acceptors (Lipinski definition) is 5. The summed E-state index contributed by atoms with van der Waals surface area (Å²) in [7, 11) is 0. The zero-order valence-corrected chi connectivity index (χ0v) is 14.9. The van der Waals surface area contributed by atoms with Crippen molar-refractivity contribution in [3.63, 3.8) is 0 Å². The van der Waals surface area contributed by atoms with Gasteiger partial charge in [0.25, 0.3) is 5.56 Å². The SMILES string of the molecule is Cc1nc(Cn2cnc3sc(C)c(-c4ccccc4)c3c2=O)cs1. The average molecular weight is 353 g/mol. The number of thiophene rings is 1. The lowest BCUT2D eigenvalue weighted by molar-refractivity contribution is 0.733. The largest absolute Gasteiger partial charge is 0.293 e. The summed E-state index contributed by atoms with van der Waals surface area (Å²) in [6.07, 6.45) is 1.63. The molecule has 0 N–H and O–H groups in total. The van der Waals surface area contributed by atoms with Gasteiger partial charge in [0.1, 0.15) is 4.83 Å². The van der Waals surface area contributed by atoms with Crippen molar-refractivity contribution in [1.29, 1.82) is 0 Å². The van der Waals surface area contributed by atoms with Crippen molar-refractivity contribution in [2.75, 3.05) is 0 Å². The van der Waals surface area contributed by atoms with Crippen molar-refractivity contribution in [3.05, 3.63) is 68.0 Å². The van der Waals surface area contributed by atoms with E-state index in [0.717, 1.165) is 31.5 Å². The quantitative estimate of drug-likeness (QED) is 0.553. The molecule has 3 aromatic heterocycles. The number of aromatic nitrogens is 3. The van der Waals surface area contributed by atoms with E-state index in [-0.39, 0.29) is 5.56 Å². The van der Waals surface area contributed by atoms with Gasteiger partial charge in [-0.05, 0) is 19.4 Å². The lowest BCUT2D eigenvalue weighted by Gasteiger charge is -2.05. The van der Waals surface area contributed by atoms with Gasteiger partial charge in [-0.1, -0.05) is 30.3 Å². The van der Waals surface area contributed by atoms with E-state index in [4.69, 9.17) is 0 Å². The monoisotopic (exact) mass is 353 g/mol. The normalized spacial score (nSPS) is 11.2. The summed E-state index contributed by atoms with van der Waals surface area (Å²) in [6, 6.07) is 10.0. The van der Waals surface area contributed by atoms with Crippen LogP contribution in [0.25, 0.3) is 21.3 Å². The minimum Gasteiger partial charge on any atom is -0.293 e. The molecule has 0 aliphatic heterocycles. The number of fused-ring (bicyclic) bond motifs is 1. The number of thiazole rings is 1. The van der Waals surface area contributed by atoms with Crippen LogP contribution in [-0.4, -0.2) is 14.5 Å². The summed E-state index contributed by atoms with van der Waals surface area (Å²) in [5, 5.41) is 3.70. The molecule has 0 fully saturated rings. The number of benzene rings is 1. The number of hydrogen-bond donors (Lipinski definition) is 0. The molecule has 0 aliphatic carbocycles. The predicted octanol–water partition coefficient (Wildman–Crippen LogP) is 4.25. The van der Waals surface area contributed by atoms with Crippen molar-refractivity contribution in [2.24, 2.45) is 0 Å². The highest BCUT2D eigenvalue weighted by Gasteiger charge is 2.17. The van der Waals surface area contributed by atoms with Gasteiger partial charge in [0.2, 0.25) is 0 Å². The van der Waals surface area contributed by atoms with Crippen LogP contribution in [-0.2, 0) is 6.54 Å². The van der Waals surface area contributed by atoms with Gasteiger partial charge >= 0.3 is 0 Å². The maximum atomic E-state index is 13.1. The summed E-state index contributed by atoms with van der Waals surface area (Å²) < 4.78 is 1.65. The molecular formula is C18H15N3OS2. The molecule has 0 atom stereocenters. The maximum absolute atomic E-state index is 13.1. The summed E-state index contributed by atoms with van der Waals surface area (Å²) in [4.78, 5) is 23.9. The minimum atomic E-state index is -0.00569. The van der Waals surface area contributed by atoms with E-state index in [9.17, 15) is 4.79 Å². The van der Waals surface area contributed by atoms with Gasteiger partial charge in [-0.3, -0.25) is 9.36 Å². The van der Waals surface area contributed by atoms with Gasteiger partial charge in [0.05, 0.1) is 29.0 Å². The topological polar surface area (TPSA) is 47.8 Å². The summed E-state index contributed by atoms with van der Waals surface area (Å²) in [6.45, 7) is 4.46. The van der Waals surface area contributed by atoms with E-state index in [2.05, 4.69) is 9.97 Å². The fraction of sp³-hybridized carbons (Fsp3) is 0.167. The highest BCUT2D eigenvalue weighted by atomic mass is 32.1. The molecule has 0 radical (unpaired) electrons. The fourth-order valence-electron chi connectivity index (χ4n) is 2.86. The Morgan fingerprint density at radius 3 is 2.67 bits per heavy atom. The number of rotatable bonds is 3. The van der Waals surface area contributed by atoms with Crippen LogP contribution >= 0.6 is 22.7 Å². The first-order chi connectivity index (χ1) is 11.6. The lowest BCUT2D eigenvalue weighted by Crippen LogP contribution is -2.21. The second kappa shape index (κ2) is 5.96. The number of nitrogens with zero attached hydrogens (tertiary/aromatic N) is 3. The Bertz CT molecular complexity index is 1080. The van der Waals surface area contributed by atoms with Crippen LogP contribution in [0.5, 0.6) is 0 Å². The van der Waals surface area contributed by atoms with E-state index in [1.165, 1.54) is 0 Å². The van der Waals surface area contributed by atoms with E-state index in [1.807, 2.05) is 49.6 Å². The third-order valence-electron chi connectivity index (χ3n) is 3.92. The highest BCUT2D eigenvalue weighted by molar-refractivity contribution is 7.19. The van der Waals surface area contributed by atoms with Gasteiger partial charge in [0, 0.05) is 15.8 Å². The predicted molar refractivity (Wildman–Crippen MR) is 100 cm³/mol. The van der Waals surface area contributed by atoms with Crippen LogP contribution in [0.2, 0.25) is 0 Å². The zero-order valence-electron chi connectivity index (χ0n) is 13.3. The Hall–Kier alpha value is -2.31. The molecule has 3 heterocycles. The second-order valence-corrected chi connectivity index (χ2v) is 7.88. The summed E-state index contributed by atoms with van der Waals surface area (Å²) in [5.74, 6) is 0. The molecule has 0 spiro atoms. The van der Waals surface area contributed by atoms with Crippen LogP contribution in [0.1, 0.15) is 15.6 Å².